The van der Waals surface area contributed by atoms with E-state index in [2.05, 4.69) is 113 Å². The van der Waals surface area contributed by atoms with Gasteiger partial charge in [-0.3, -0.25) is 0 Å². The van der Waals surface area contributed by atoms with Gasteiger partial charge in [-0.2, -0.15) is 0 Å². The molecule has 0 heteroatoms. The molecule has 0 aliphatic carbocycles. The lowest BCUT2D eigenvalue weighted by atomic mass is 9.94. The van der Waals surface area contributed by atoms with E-state index < -0.39 is 0 Å². The minimum Gasteiger partial charge on any atom is -0.0991 e. The smallest absolute Gasteiger partial charge is 0.0178 e. The summed E-state index contributed by atoms with van der Waals surface area (Å²) in [6.45, 7) is 20.1. The van der Waals surface area contributed by atoms with Crippen molar-refractivity contribution in [1.82, 2.24) is 0 Å². The fourth-order valence-electron chi connectivity index (χ4n) is 3.82. The number of hydrogen-bond donors (Lipinski definition) is 0. The molecule has 0 saturated heterocycles. The molecule has 3 aromatic rings. The van der Waals surface area contributed by atoms with E-state index >= 15 is 0 Å². The van der Waals surface area contributed by atoms with E-state index in [1.54, 1.807) is 6.08 Å². The van der Waals surface area contributed by atoms with E-state index in [1.165, 1.54) is 21.9 Å². The van der Waals surface area contributed by atoms with Gasteiger partial charge in [0.1, 0.15) is 0 Å². The fraction of sp³-hybridized carbons (Fsp3) is 0.0588. The van der Waals surface area contributed by atoms with Gasteiger partial charge < -0.3 is 0 Å². The van der Waals surface area contributed by atoms with Gasteiger partial charge in [-0.05, 0) is 87.4 Å². The number of allylic oxidation sites excluding steroid dienone is 10. The van der Waals surface area contributed by atoms with Gasteiger partial charge in [0.05, 0.1) is 0 Å². The molecule has 0 saturated carbocycles. The summed E-state index contributed by atoms with van der Waals surface area (Å²) >= 11 is 0. The van der Waals surface area contributed by atoms with E-state index in [4.69, 9.17) is 0 Å². The van der Waals surface area contributed by atoms with Crippen LogP contribution in [0.1, 0.15) is 36.1 Å². The van der Waals surface area contributed by atoms with Crippen LogP contribution in [0.2, 0.25) is 0 Å². The summed E-state index contributed by atoms with van der Waals surface area (Å²) in [5.74, 6) is 0. The lowest BCUT2D eigenvalue weighted by Crippen LogP contribution is -1.90. The van der Waals surface area contributed by atoms with E-state index in [9.17, 15) is 0 Å². The van der Waals surface area contributed by atoms with Crippen LogP contribution in [0.5, 0.6) is 0 Å². The standard InChI is InChI=1S/C34H32/c1-7-11-14-31-24-33(20-17-27(31)9-3)28(10-4)22-34(25(5)8-2)21-26(6)30-19-18-29-15-12-13-16-32(29)23-30/h7-24H,1-4H2,5-6H3/b14-11-,26-21+,28-22+,34-25+. The van der Waals surface area contributed by atoms with Crippen LogP contribution in [0, 0.1) is 0 Å². The molecule has 0 aliphatic heterocycles. The summed E-state index contributed by atoms with van der Waals surface area (Å²) in [4.78, 5) is 0. The molecule has 0 amide bonds. The highest BCUT2D eigenvalue weighted by Gasteiger charge is 2.06. The normalized spacial score (nSPS) is 13.0. The third-order valence-corrected chi connectivity index (χ3v) is 5.92. The number of hydrogen-bond acceptors (Lipinski definition) is 0. The number of rotatable bonds is 9. The third kappa shape index (κ3) is 5.79. The van der Waals surface area contributed by atoms with E-state index in [1.807, 2.05) is 30.4 Å². The molecule has 0 radical (unpaired) electrons. The fourth-order valence-corrected chi connectivity index (χ4v) is 3.82. The van der Waals surface area contributed by atoms with Crippen LogP contribution < -0.4 is 0 Å². The van der Waals surface area contributed by atoms with Gasteiger partial charge in [0.2, 0.25) is 0 Å². The second-order valence-corrected chi connectivity index (χ2v) is 8.18. The average molecular weight is 441 g/mol. The first-order chi connectivity index (χ1) is 16.5. The Balaban J connectivity index is 2.08. The summed E-state index contributed by atoms with van der Waals surface area (Å²) in [5.41, 5.74) is 8.91. The highest BCUT2D eigenvalue weighted by Crippen LogP contribution is 2.27. The summed E-state index contributed by atoms with van der Waals surface area (Å²) in [6.07, 6.45) is 15.8. The molecule has 0 nitrogen and oxygen atoms in total. The summed E-state index contributed by atoms with van der Waals surface area (Å²) < 4.78 is 0. The van der Waals surface area contributed by atoms with Crippen LogP contribution in [0.25, 0.3) is 34.1 Å². The zero-order chi connectivity index (χ0) is 24.5. The first kappa shape index (κ1) is 24.5. The number of fused-ring (bicyclic) bond motifs is 1. The molecular weight excluding hydrogens is 408 g/mol. The third-order valence-electron chi connectivity index (χ3n) is 5.92. The van der Waals surface area contributed by atoms with Crippen molar-refractivity contribution in [2.45, 2.75) is 13.8 Å². The molecule has 0 unspecified atom stereocenters. The Morgan fingerprint density at radius 2 is 1.44 bits per heavy atom. The van der Waals surface area contributed by atoms with Gasteiger partial charge in [-0.25, -0.2) is 0 Å². The SMILES string of the molecule is C=C/C=C\c1cc(/C(C=C)=C/C(/C=C(\C)c2ccc3ccccc3c2)=C(\C)C=C)ccc1C=C. The highest BCUT2D eigenvalue weighted by molar-refractivity contribution is 5.87. The summed E-state index contributed by atoms with van der Waals surface area (Å²) in [5, 5.41) is 2.48. The minimum absolute atomic E-state index is 1.04. The summed E-state index contributed by atoms with van der Waals surface area (Å²) in [7, 11) is 0. The largest absolute Gasteiger partial charge is 0.0991 e. The highest BCUT2D eigenvalue weighted by atomic mass is 14.1. The molecule has 0 fully saturated rings. The Labute approximate surface area is 204 Å². The van der Waals surface area contributed by atoms with Crippen LogP contribution in [-0.2, 0) is 0 Å². The van der Waals surface area contributed by atoms with Crippen LogP contribution in [-0.4, -0.2) is 0 Å². The Bertz CT molecular complexity index is 1370. The van der Waals surface area contributed by atoms with Crippen molar-refractivity contribution in [2.75, 3.05) is 0 Å². The monoisotopic (exact) mass is 440 g/mol. The predicted molar refractivity (Wildman–Crippen MR) is 154 cm³/mol. The Hall–Kier alpha value is -4.16. The molecule has 0 N–H and O–H groups in total. The van der Waals surface area contributed by atoms with Gasteiger partial charge in [0.15, 0.2) is 0 Å². The molecular formula is C34H32. The second-order valence-electron chi connectivity index (χ2n) is 8.18. The van der Waals surface area contributed by atoms with Crippen molar-refractivity contribution in [3.8, 4) is 0 Å². The Morgan fingerprint density at radius 3 is 2.12 bits per heavy atom. The minimum atomic E-state index is 1.04. The van der Waals surface area contributed by atoms with Crippen LogP contribution in [0.3, 0.4) is 0 Å². The second kappa shape index (κ2) is 11.6. The molecule has 3 rings (SSSR count). The molecule has 168 valence electrons. The zero-order valence-electron chi connectivity index (χ0n) is 20.2. The lowest BCUT2D eigenvalue weighted by molar-refractivity contribution is 1.44. The van der Waals surface area contributed by atoms with Crippen LogP contribution >= 0.6 is 0 Å². The maximum atomic E-state index is 4.09. The van der Waals surface area contributed by atoms with Crippen molar-refractivity contribution in [1.29, 1.82) is 0 Å². The van der Waals surface area contributed by atoms with Crippen molar-refractivity contribution >= 4 is 34.1 Å². The van der Waals surface area contributed by atoms with Crippen LogP contribution in [0.4, 0.5) is 0 Å². The maximum absolute atomic E-state index is 4.09. The predicted octanol–water partition coefficient (Wildman–Crippen LogP) is 9.86. The van der Waals surface area contributed by atoms with Gasteiger partial charge in [0, 0.05) is 0 Å². The topological polar surface area (TPSA) is 0 Å². The van der Waals surface area contributed by atoms with E-state index in [0.717, 1.165) is 33.4 Å². The van der Waals surface area contributed by atoms with Crippen molar-refractivity contribution in [3.63, 3.8) is 0 Å². The Morgan fingerprint density at radius 1 is 0.706 bits per heavy atom. The first-order valence-corrected chi connectivity index (χ1v) is 11.4. The molecule has 0 aromatic heterocycles. The van der Waals surface area contributed by atoms with Crippen molar-refractivity contribution in [3.05, 3.63) is 157 Å². The van der Waals surface area contributed by atoms with Gasteiger partial charge in [-0.15, -0.1) is 0 Å². The van der Waals surface area contributed by atoms with E-state index in [-0.39, 0.29) is 0 Å². The molecule has 0 atom stereocenters. The molecule has 0 heterocycles. The number of benzene rings is 3. The van der Waals surface area contributed by atoms with Crippen molar-refractivity contribution < 1.29 is 0 Å². The van der Waals surface area contributed by atoms with Gasteiger partial charge in [0.25, 0.3) is 0 Å². The molecule has 34 heavy (non-hydrogen) atoms. The Kier molecular flexibility index (Phi) is 8.37. The van der Waals surface area contributed by atoms with Gasteiger partial charge in [-0.1, -0.05) is 117 Å². The molecule has 3 aromatic carbocycles. The average Bonchev–Trinajstić information content (AvgIpc) is 2.88. The molecule has 0 bridgehead atoms. The van der Waals surface area contributed by atoms with Crippen molar-refractivity contribution in [2.24, 2.45) is 0 Å². The first-order valence-electron chi connectivity index (χ1n) is 11.4. The molecule has 0 spiro atoms. The summed E-state index contributed by atoms with van der Waals surface area (Å²) in [6, 6.07) is 21.4. The van der Waals surface area contributed by atoms with Gasteiger partial charge >= 0.3 is 0 Å². The van der Waals surface area contributed by atoms with E-state index in [0.29, 0.717) is 0 Å². The van der Waals surface area contributed by atoms with Crippen LogP contribution in [0.15, 0.2) is 135 Å². The lowest BCUT2D eigenvalue weighted by Gasteiger charge is -2.10. The molecule has 0 aliphatic rings. The quantitative estimate of drug-likeness (QED) is 0.290. The maximum Gasteiger partial charge on any atom is -0.0178 e. The zero-order valence-corrected chi connectivity index (χ0v) is 20.2.